The van der Waals surface area contributed by atoms with Gasteiger partial charge in [0, 0.05) is 19.4 Å². The molecule has 0 aliphatic carbocycles. The maximum absolute atomic E-state index is 12.8. The van der Waals surface area contributed by atoms with Crippen molar-refractivity contribution in [2.75, 3.05) is 26.4 Å². The third kappa shape index (κ3) is 75.1. The molecule has 0 rings (SSSR count). The zero-order chi connectivity index (χ0) is 65.8. The van der Waals surface area contributed by atoms with Gasteiger partial charge in [-0.1, -0.05) is 340 Å². The molecule has 0 amide bonds. The maximum atomic E-state index is 12.8. The van der Waals surface area contributed by atoms with Crippen LogP contribution in [0, 0.1) is 0 Å². The van der Waals surface area contributed by atoms with Crippen molar-refractivity contribution in [3.8, 4) is 0 Å². The van der Waals surface area contributed by atoms with Crippen molar-refractivity contribution in [3.63, 3.8) is 0 Å². The van der Waals surface area contributed by atoms with Gasteiger partial charge in [-0.2, -0.15) is 0 Å². The molecule has 10 heteroatoms. The molecule has 0 aromatic heterocycles. The van der Waals surface area contributed by atoms with Crippen LogP contribution in [-0.2, 0) is 32.7 Å². The molecule has 91 heavy (non-hydrogen) atoms. The summed E-state index contributed by atoms with van der Waals surface area (Å²) in [5.74, 6) is -0.853. The lowest BCUT2D eigenvalue weighted by atomic mass is 10.0. The minimum atomic E-state index is -4.41. The van der Waals surface area contributed by atoms with Crippen molar-refractivity contribution in [1.82, 2.24) is 0 Å². The number of phosphoric ester groups is 1. The van der Waals surface area contributed by atoms with E-state index in [1.807, 2.05) is 0 Å². The fraction of sp³-hybridized carbons (Fsp3) is 0.704. The van der Waals surface area contributed by atoms with Crippen LogP contribution in [0.25, 0.3) is 0 Å². The highest BCUT2D eigenvalue weighted by atomic mass is 31.2. The normalized spacial score (nSPS) is 13.7. The number of rotatable bonds is 70. The van der Waals surface area contributed by atoms with E-state index in [0.29, 0.717) is 6.42 Å². The largest absolute Gasteiger partial charge is 0.472 e. The molecule has 0 spiro atoms. The van der Waals surface area contributed by atoms with Crippen LogP contribution in [0.15, 0.2) is 134 Å². The van der Waals surface area contributed by atoms with E-state index in [1.54, 1.807) is 0 Å². The van der Waals surface area contributed by atoms with Gasteiger partial charge in [-0.3, -0.25) is 18.6 Å². The molecular formula is C81H140NO8P. The van der Waals surface area contributed by atoms with E-state index in [9.17, 15) is 19.0 Å². The topological polar surface area (TPSA) is 134 Å². The van der Waals surface area contributed by atoms with E-state index >= 15 is 0 Å². The number of esters is 2. The third-order valence-electron chi connectivity index (χ3n) is 16.0. The number of allylic oxidation sites excluding steroid dienone is 22. The van der Waals surface area contributed by atoms with Crippen molar-refractivity contribution in [2.45, 2.75) is 341 Å². The maximum Gasteiger partial charge on any atom is 0.472 e. The smallest absolute Gasteiger partial charge is 0.462 e. The molecule has 0 saturated heterocycles. The predicted molar refractivity (Wildman–Crippen MR) is 394 cm³/mol. The van der Waals surface area contributed by atoms with E-state index in [0.717, 1.165) is 109 Å². The summed E-state index contributed by atoms with van der Waals surface area (Å²) in [6.45, 7) is 3.63. The minimum Gasteiger partial charge on any atom is -0.462 e. The Bertz CT molecular complexity index is 1960. The molecule has 0 aromatic carbocycles. The Kier molecular flexibility index (Phi) is 72.0. The molecule has 9 nitrogen and oxygen atoms in total. The second-order valence-corrected chi connectivity index (χ2v) is 26.2. The number of hydrogen-bond acceptors (Lipinski definition) is 8. The van der Waals surface area contributed by atoms with E-state index in [1.165, 1.54) is 193 Å². The van der Waals surface area contributed by atoms with Crippen molar-refractivity contribution < 1.29 is 37.6 Å². The van der Waals surface area contributed by atoms with E-state index < -0.39 is 26.5 Å². The van der Waals surface area contributed by atoms with Crippen LogP contribution in [0.4, 0.5) is 0 Å². The molecule has 2 unspecified atom stereocenters. The average Bonchev–Trinajstić information content (AvgIpc) is 3.68. The summed E-state index contributed by atoms with van der Waals surface area (Å²) in [7, 11) is -4.41. The lowest BCUT2D eigenvalue weighted by Gasteiger charge is -2.19. The third-order valence-corrected chi connectivity index (χ3v) is 17.0. The Balaban J connectivity index is 3.92. The van der Waals surface area contributed by atoms with Gasteiger partial charge in [0.05, 0.1) is 13.2 Å². The monoisotopic (exact) mass is 1290 g/mol. The fourth-order valence-corrected chi connectivity index (χ4v) is 11.3. The summed E-state index contributed by atoms with van der Waals surface area (Å²) in [5, 5.41) is 0. The standard InChI is InChI=1S/C81H140NO8P/c1-3-5-7-9-11-13-15-17-19-21-23-25-27-29-31-33-35-37-39-41-43-45-47-49-51-53-55-57-59-61-63-65-67-69-71-73-80(83)87-77-79(78-89-91(85,86)88-76-75-82)90-81(84)74-72-70-68-66-64-62-60-58-56-54-52-50-48-46-44-42-40-38-36-34-32-30-28-26-24-22-20-18-16-14-12-10-8-6-4-2/h6,8,12,14,18,20-21,23-24,26,30,32,36,38,42,44,48,50,54,56,60,62,79H,3-5,7,9-11,13,15-17,19,22,25,27-29,31,33-35,37,39-41,43,45-47,49,51-53,55,57-59,61,63-78,82H2,1-2H3,(H,85,86)/b8-6-,14-12-,20-18-,23-21-,26-24-,32-30-,38-36-,44-42-,50-48-,56-54-,62-60-. The molecule has 0 fully saturated rings. The van der Waals surface area contributed by atoms with Gasteiger partial charge in [0.15, 0.2) is 6.10 Å². The first-order chi connectivity index (χ1) is 44.8. The van der Waals surface area contributed by atoms with Crippen LogP contribution >= 0.6 is 7.82 Å². The molecule has 0 aliphatic rings. The van der Waals surface area contributed by atoms with Gasteiger partial charge in [0.25, 0.3) is 0 Å². The molecule has 0 saturated carbocycles. The van der Waals surface area contributed by atoms with Gasteiger partial charge >= 0.3 is 19.8 Å². The SMILES string of the molecule is CC/C=C\C/C=C\C/C=C\C/C=C\C/C=C\C/C=C\C/C=C\C/C=C\C/C=C\C/C=C\CCCCCCC(=O)OC(COC(=O)CCCCCCCCCCCCCCCCCCCCCCCCC/C=C\CCCCCCCCCC)COP(=O)(O)OCCN. The number of ether oxygens (including phenoxy) is 2. The highest BCUT2D eigenvalue weighted by molar-refractivity contribution is 7.47. The van der Waals surface area contributed by atoms with Crippen LogP contribution in [0.2, 0.25) is 0 Å². The van der Waals surface area contributed by atoms with Crippen LogP contribution in [0.3, 0.4) is 0 Å². The zero-order valence-corrected chi connectivity index (χ0v) is 59.7. The summed E-state index contributed by atoms with van der Waals surface area (Å²) in [6, 6.07) is 0. The lowest BCUT2D eigenvalue weighted by Crippen LogP contribution is -2.29. The van der Waals surface area contributed by atoms with Gasteiger partial charge in [-0.25, -0.2) is 4.57 Å². The Hall–Kier alpha value is -3.85. The zero-order valence-electron chi connectivity index (χ0n) is 58.8. The quantitative estimate of drug-likeness (QED) is 0.0264. The molecule has 0 aromatic rings. The molecular weight excluding hydrogens is 1150 g/mol. The average molecular weight is 1290 g/mol. The number of carbonyl (C=O) groups is 2. The number of hydrogen-bond donors (Lipinski definition) is 2. The minimum absolute atomic E-state index is 0.0435. The van der Waals surface area contributed by atoms with Crippen molar-refractivity contribution in [2.24, 2.45) is 5.73 Å². The molecule has 2 atom stereocenters. The predicted octanol–water partition coefficient (Wildman–Crippen LogP) is 25.2. The summed E-state index contributed by atoms with van der Waals surface area (Å²) in [6.07, 6.45) is 107. The van der Waals surface area contributed by atoms with Gasteiger partial charge in [0.1, 0.15) is 6.61 Å². The molecule has 0 bridgehead atoms. The number of phosphoric acid groups is 1. The fourth-order valence-electron chi connectivity index (χ4n) is 10.5. The van der Waals surface area contributed by atoms with Gasteiger partial charge in [-0.15, -0.1) is 0 Å². The van der Waals surface area contributed by atoms with E-state index in [2.05, 4.69) is 148 Å². The number of unbranched alkanes of at least 4 members (excludes halogenated alkanes) is 35. The Morgan fingerprint density at radius 3 is 0.912 bits per heavy atom. The second-order valence-electron chi connectivity index (χ2n) is 24.8. The first kappa shape index (κ1) is 87.2. The van der Waals surface area contributed by atoms with Crippen LogP contribution in [0.5, 0.6) is 0 Å². The van der Waals surface area contributed by atoms with E-state index in [-0.39, 0.29) is 38.6 Å². The van der Waals surface area contributed by atoms with Gasteiger partial charge < -0.3 is 20.1 Å². The summed E-state index contributed by atoms with van der Waals surface area (Å²) in [4.78, 5) is 35.4. The molecule has 0 heterocycles. The highest BCUT2D eigenvalue weighted by Crippen LogP contribution is 2.43. The Morgan fingerprint density at radius 1 is 0.341 bits per heavy atom. The summed E-state index contributed by atoms with van der Waals surface area (Å²) >= 11 is 0. The van der Waals surface area contributed by atoms with E-state index in [4.69, 9.17) is 24.3 Å². The Morgan fingerprint density at radius 2 is 0.604 bits per heavy atom. The molecule has 522 valence electrons. The van der Waals surface area contributed by atoms with Crippen molar-refractivity contribution >= 4 is 19.8 Å². The molecule has 0 radical (unpaired) electrons. The van der Waals surface area contributed by atoms with Crippen molar-refractivity contribution in [3.05, 3.63) is 134 Å². The molecule has 0 aliphatic heterocycles. The van der Waals surface area contributed by atoms with Crippen LogP contribution in [-0.4, -0.2) is 49.3 Å². The second kappa shape index (κ2) is 75.2. The van der Waals surface area contributed by atoms with Crippen molar-refractivity contribution in [1.29, 1.82) is 0 Å². The number of nitrogens with two attached hydrogens (primary N) is 1. The lowest BCUT2D eigenvalue weighted by molar-refractivity contribution is -0.161. The highest BCUT2D eigenvalue weighted by Gasteiger charge is 2.26. The van der Waals surface area contributed by atoms with Gasteiger partial charge in [-0.05, 0) is 116 Å². The summed E-state index contributed by atoms with van der Waals surface area (Å²) < 4.78 is 33.2. The molecule has 3 N–H and O–H groups in total. The van der Waals surface area contributed by atoms with Gasteiger partial charge in [0.2, 0.25) is 0 Å². The Labute approximate surface area is 561 Å². The first-order valence-corrected chi connectivity index (χ1v) is 39.2. The first-order valence-electron chi connectivity index (χ1n) is 37.7. The number of carbonyl (C=O) groups excluding carboxylic acids is 2. The van der Waals surface area contributed by atoms with Crippen LogP contribution < -0.4 is 5.73 Å². The summed E-state index contributed by atoms with van der Waals surface area (Å²) in [5.41, 5.74) is 5.40. The van der Waals surface area contributed by atoms with Crippen LogP contribution in [0.1, 0.15) is 335 Å².